The molecule has 0 amide bonds. The first kappa shape index (κ1) is 10.1. The van der Waals surface area contributed by atoms with Gasteiger partial charge in [0.2, 0.25) is 0 Å². The zero-order valence-electron chi connectivity index (χ0n) is 6.73. The van der Waals surface area contributed by atoms with E-state index in [1.165, 1.54) is 6.20 Å². The molecule has 2 heterocycles. The van der Waals surface area contributed by atoms with Crippen LogP contribution in [0.5, 0.6) is 0 Å². The zero-order valence-corrected chi connectivity index (χ0v) is 7.55. The SMILES string of the molecule is O=c1cncno1.O=c1nnccs1. The molecule has 0 spiro atoms. The monoisotopic (exact) mass is 212 g/mol. The molecule has 0 saturated heterocycles. The fraction of sp³-hybridized carbons (Fsp3) is 0. The Bertz CT molecular complexity index is 402. The van der Waals surface area contributed by atoms with Gasteiger partial charge in [-0.25, -0.2) is 9.78 Å². The molecule has 0 unspecified atom stereocenters. The minimum absolute atomic E-state index is 0.248. The van der Waals surface area contributed by atoms with E-state index < -0.39 is 5.63 Å². The number of aromatic nitrogens is 4. The number of rotatable bonds is 0. The Morgan fingerprint density at radius 2 is 2.21 bits per heavy atom. The quantitative estimate of drug-likeness (QED) is 0.570. The van der Waals surface area contributed by atoms with Gasteiger partial charge in [0.05, 0.1) is 6.20 Å². The van der Waals surface area contributed by atoms with Crippen LogP contribution in [0.15, 0.2) is 38.2 Å². The standard InChI is InChI=1S/C3H2N2O2.C3H2N2OS/c6-3-1-4-2-5-7-3;6-3-5-4-1-2-7-3/h2*1-2H. The van der Waals surface area contributed by atoms with Crippen LogP contribution in [-0.2, 0) is 0 Å². The summed E-state index contributed by atoms with van der Waals surface area (Å²) in [5, 5.41) is 11.2. The second-order valence-electron chi connectivity index (χ2n) is 1.79. The van der Waals surface area contributed by atoms with Crippen molar-refractivity contribution in [2.45, 2.75) is 0 Å². The van der Waals surface area contributed by atoms with Crippen molar-refractivity contribution in [1.29, 1.82) is 0 Å². The van der Waals surface area contributed by atoms with Gasteiger partial charge in [0, 0.05) is 5.38 Å². The van der Waals surface area contributed by atoms with E-state index in [4.69, 9.17) is 0 Å². The van der Waals surface area contributed by atoms with Crippen LogP contribution < -0.4 is 10.5 Å². The Morgan fingerprint density at radius 1 is 1.36 bits per heavy atom. The first-order valence-electron chi connectivity index (χ1n) is 3.31. The summed E-state index contributed by atoms with van der Waals surface area (Å²) in [4.78, 5) is 23.2. The van der Waals surface area contributed by atoms with Crippen LogP contribution >= 0.6 is 11.3 Å². The Morgan fingerprint density at radius 3 is 2.50 bits per heavy atom. The minimum atomic E-state index is -0.525. The van der Waals surface area contributed by atoms with E-state index in [0.29, 0.717) is 0 Å². The second kappa shape index (κ2) is 5.65. The van der Waals surface area contributed by atoms with E-state index in [1.54, 1.807) is 5.38 Å². The van der Waals surface area contributed by atoms with Gasteiger partial charge in [-0.15, -0.1) is 0 Å². The fourth-order valence-corrected chi connectivity index (χ4v) is 0.766. The first-order chi connectivity index (χ1) is 6.79. The smallest absolute Gasteiger partial charge is 0.310 e. The van der Waals surface area contributed by atoms with Gasteiger partial charge >= 0.3 is 10.5 Å². The predicted octanol–water partition coefficient (Wildman–Crippen LogP) is -0.672. The molecule has 14 heavy (non-hydrogen) atoms. The maximum absolute atomic E-state index is 10.1. The molecular formula is C6H4N4O3S. The Labute approximate surface area is 81.1 Å². The molecule has 0 aliphatic carbocycles. The molecule has 2 aromatic rings. The largest absolute Gasteiger partial charge is 0.376 e. The van der Waals surface area contributed by atoms with Crippen LogP contribution in [0.4, 0.5) is 0 Å². The van der Waals surface area contributed by atoms with E-state index in [1.807, 2.05) is 0 Å². The Kier molecular flexibility index (Phi) is 4.08. The summed E-state index contributed by atoms with van der Waals surface area (Å²) < 4.78 is 4.06. The van der Waals surface area contributed by atoms with Crippen molar-refractivity contribution in [3.63, 3.8) is 0 Å². The number of nitrogens with zero attached hydrogens (tertiary/aromatic N) is 4. The van der Waals surface area contributed by atoms with Crippen LogP contribution in [0.2, 0.25) is 0 Å². The summed E-state index contributed by atoms with van der Waals surface area (Å²) in [6.07, 6.45) is 3.68. The predicted molar refractivity (Wildman–Crippen MR) is 46.7 cm³/mol. The van der Waals surface area contributed by atoms with Crippen molar-refractivity contribution in [2.24, 2.45) is 0 Å². The van der Waals surface area contributed by atoms with Crippen molar-refractivity contribution in [1.82, 2.24) is 20.3 Å². The molecule has 0 fully saturated rings. The van der Waals surface area contributed by atoms with Crippen molar-refractivity contribution >= 4 is 11.3 Å². The fourth-order valence-electron chi connectivity index (χ4n) is 0.440. The van der Waals surface area contributed by atoms with Gasteiger partial charge in [-0.1, -0.05) is 21.6 Å². The summed E-state index contributed by atoms with van der Waals surface area (Å²) in [5.74, 6) is 0. The lowest BCUT2D eigenvalue weighted by Crippen LogP contribution is -1.98. The third-order valence-electron chi connectivity index (χ3n) is 0.872. The van der Waals surface area contributed by atoms with Gasteiger partial charge in [-0.05, 0) is 0 Å². The molecule has 72 valence electrons. The lowest BCUT2D eigenvalue weighted by molar-refractivity contribution is 0.361. The van der Waals surface area contributed by atoms with Crippen LogP contribution in [-0.4, -0.2) is 20.3 Å². The van der Waals surface area contributed by atoms with Crippen molar-refractivity contribution < 1.29 is 4.52 Å². The number of hydrogen-bond acceptors (Lipinski definition) is 8. The van der Waals surface area contributed by atoms with Crippen LogP contribution in [0.1, 0.15) is 0 Å². The molecule has 0 aliphatic rings. The topological polar surface area (TPSA) is 98.8 Å². The maximum Gasteiger partial charge on any atom is 0.376 e. The molecule has 0 N–H and O–H groups in total. The van der Waals surface area contributed by atoms with Crippen molar-refractivity contribution in [3.8, 4) is 0 Å². The molecule has 0 bridgehead atoms. The molecule has 7 nitrogen and oxygen atoms in total. The Hall–Kier alpha value is -1.96. The van der Waals surface area contributed by atoms with Gasteiger partial charge in [0.1, 0.15) is 6.20 Å². The van der Waals surface area contributed by atoms with Crippen LogP contribution in [0.3, 0.4) is 0 Å². The van der Waals surface area contributed by atoms with Crippen molar-refractivity contribution in [3.05, 3.63) is 44.2 Å². The van der Waals surface area contributed by atoms with Crippen LogP contribution in [0.25, 0.3) is 0 Å². The van der Waals surface area contributed by atoms with E-state index >= 15 is 0 Å². The van der Waals surface area contributed by atoms with Gasteiger partial charge in [-0.3, -0.25) is 4.79 Å². The number of hydrogen-bond donors (Lipinski definition) is 0. The summed E-state index contributed by atoms with van der Waals surface area (Å²) in [6, 6.07) is 0. The van der Waals surface area contributed by atoms with E-state index in [2.05, 4.69) is 24.9 Å². The lowest BCUT2D eigenvalue weighted by atomic mass is 10.9. The summed E-state index contributed by atoms with van der Waals surface area (Å²) in [7, 11) is 0. The Balaban J connectivity index is 0.000000140. The van der Waals surface area contributed by atoms with E-state index in [9.17, 15) is 9.59 Å². The molecule has 2 aromatic heterocycles. The first-order valence-corrected chi connectivity index (χ1v) is 4.19. The molecule has 0 saturated carbocycles. The third kappa shape index (κ3) is 4.16. The maximum atomic E-state index is 10.1. The molecule has 0 aromatic carbocycles. The second-order valence-corrected chi connectivity index (χ2v) is 2.65. The highest BCUT2D eigenvalue weighted by molar-refractivity contribution is 7.06. The zero-order chi connectivity index (χ0) is 10.2. The summed E-state index contributed by atoms with van der Waals surface area (Å²) >= 11 is 1.04. The summed E-state index contributed by atoms with van der Waals surface area (Å²) in [5.41, 5.74) is -0.525. The van der Waals surface area contributed by atoms with Gasteiger partial charge in [0.25, 0.3) is 0 Å². The average Bonchev–Trinajstić information content (AvgIpc) is 2.21. The summed E-state index contributed by atoms with van der Waals surface area (Å²) in [6.45, 7) is 0. The molecule has 0 radical (unpaired) electrons. The third-order valence-corrected chi connectivity index (χ3v) is 1.41. The molecule has 0 atom stereocenters. The van der Waals surface area contributed by atoms with Gasteiger partial charge in [-0.2, -0.15) is 5.10 Å². The normalized spacial score (nSPS) is 8.57. The van der Waals surface area contributed by atoms with Gasteiger partial charge < -0.3 is 4.52 Å². The lowest BCUT2D eigenvalue weighted by Gasteiger charge is -1.70. The van der Waals surface area contributed by atoms with Crippen molar-refractivity contribution in [2.75, 3.05) is 0 Å². The van der Waals surface area contributed by atoms with E-state index in [-0.39, 0.29) is 4.87 Å². The highest BCUT2D eigenvalue weighted by Crippen LogP contribution is 1.73. The highest BCUT2D eigenvalue weighted by Gasteiger charge is 1.75. The molecule has 2 rings (SSSR count). The molecule has 0 aliphatic heterocycles. The highest BCUT2D eigenvalue weighted by atomic mass is 32.1. The molecular weight excluding hydrogens is 208 g/mol. The van der Waals surface area contributed by atoms with Gasteiger partial charge in [0.15, 0.2) is 6.33 Å². The minimum Gasteiger partial charge on any atom is -0.310 e. The van der Waals surface area contributed by atoms with E-state index in [0.717, 1.165) is 23.9 Å². The average molecular weight is 212 g/mol. The van der Waals surface area contributed by atoms with Crippen LogP contribution in [0, 0.1) is 0 Å². The molecule has 8 heteroatoms.